The molecule has 116 valence electrons. The number of benzene rings is 1. The van der Waals surface area contributed by atoms with Gasteiger partial charge in [-0.05, 0) is 37.5 Å². The van der Waals surface area contributed by atoms with E-state index in [1.54, 1.807) is 11.0 Å². The van der Waals surface area contributed by atoms with Crippen molar-refractivity contribution in [1.29, 1.82) is 0 Å². The Morgan fingerprint density at radius 2 is 2.00 bits per heavy atom. The zero-order chi connectivity index (χ0) is 15.5. The van der Waals surface area contributed by atoms with E-state index in [0.717, 1.165) is 31.5 Å². The summed E-state index contributed by atoms with van der Waals surface area (Å²) >= 11 is 0. The fraction of sp³-hybridized carbons (Fsp3) is 0.500. The van der Waals surface area contributed by atoms with E-state index in [1.807, 2.05) is 6.92 Å². The van der Waals surface area contributed by atoms with Crippen LogP contribution >= 0.6 is 0 Å². The van der Waals surface area contributed by atoms with E-state index in [0.29, 0.717) is 5.69 Å². The van der Waals surface area contributed by atoms with Crippen molar-refractivity contribution in [2.24, 2.45) is 0 Å². The van der Waals surface area contributed by atoms with Crippen LogP contribution in [0.15, 0.2) is 23.1 Å². The molecule has 0 radical (unpaired) electrons. The van der Waals surface area contributed by atoms with E-state index in [-0.39, 0.29) is 23.8 Å². The molecule has 1 amide bonds. The normalized spacial score (nSPS) is 15.4. The largest absolute Gasteiger partial charge is 0.398 e. The van der Waals surface area contributed by atoms with Crippen LogP contribution in [0.1, 0.15) is 24.8 Å². The molecule has 7 heteroatoms. The van der Waals surface area contributed by atoms with Crippen molar-refractivity contribution < 1.29 is 13.2 Å². The van der Waals surface area contributed by atoms with Crippen molar-refractivity contribution in [3.8, 4) is 0 Å². The zero-order valence-corrected chi connectivity index (χ0v) is 12.9. The van der Waals surface area contributed by atoms with Gasteiger partial charge in [-0.1, -0.05) is 6.07 Å². The highest BCUT2D eigenvalue weighted by Crippen LogP contribution is 2.17. The lowest BCUT2D eigenvalue weighted by molar-refractivity contribution is -0.129. The van der Waals surface area contributed by atoms with Crippen molar-refractivity contribution in [1.82, 2.24) is 9.62 Å². The Morgan fingerprint density at radius 1 is 1.33 bits per heavy atom. The van der Waals surface area contributed by atoms with Crippen LogP contribution in [0.25, 0.3) is 0 Å². The van der Waals surface area contributed by atoms with Gasteiger partial charge >= 0.3 is 0 Å². The van der Waals surface area contributed by atoms with E-state index in [2.05, 4.69) is 4.72 Å². The average Bonchev–Trinajstić information content (AvgIpc) is 2.95. The SMILES string of the molecule is Cc1ccc(S(=O)(=O)NCCC(=O)N2CCCC2)cc1N. The summed E-state index contributed by atoms with van der Waals surface area (Å²) < 4.78 is 26.7. The Hall–Kier alpha value is -1.60. The maximum absolute atomic E-state index is 12.1. The van der Waals surface area contributed by atoms with Crippen molar-refractivity contribution >= 4 is 21.6 Å². The molecule has 0 atom stereocenters. The lowest BCUT2D eigenvalue weighted by Gasteiger charge is -2.15. The summed E-state index contributed by atoms with van der Waals surface area (Å²) in [5, 5.41) is 0. The van der Waals surface area contributed by atoms with Gasteiger partial charge in [0.15, 0.2) is 0 Å². The molecule has 6 nitrogen and oxygen atoms in total. The van der Waals surface area contributed by atoms with Gasteiger partial charge in [-0.25, -0.2) is 13.1 Å². The van der Waals surface area contributed by atoms with Crippen molar-refractivity contribution in [2.45, 2.75) is 31.1 Å². The van der Waals surface area contributed by atoms with E-state index < -0.39 is 10.0 Å². The van der Waals surface area contributed by atoms with E-state index in [9.17, 15) is 13.2 Å². The minimum Gasteiger partial charge on any atom is -0.398 e. The number of anilines is 1. The fourth-order valence-electron chi connectivity index (χ4n) is 2.29. The first-order chi connectivity index (χ1) is 9.90. The Kier molecular flexibility index (Phi) is 4.84. The number of nitrogens with one attached hydrogen (secondary N) is 1. The van der Waals surface area contributed by atoms with Gasteiger partial charge in [0.25, 0.3) is 0 Å². The van der Waals surface area contributed by atoms with E-state index in [1.165, 1.54) is 12.1 Å². The van der Waals surface area contributed by atoms with Gasteiger partial charge in [0.05, 0.1) is 4.90 Å². The van der Waals surface area contributed by atoms with Crippen LogP contribution in [0.5, 0.6) is 0 Å². The number of carbonyl (C=O) groups is 1. The summed E-state index contributed by atoms with van der Waals surface area (Å²) in [5.74, 6) is -0.00128. The van der Waals surface area contributed by atoms with Crippen LogP contribution < -0.4 is 10.5 Å². The third kappa shape index (κ3) is 3.95. The molecule has 0 bridgehead atoms. The third-order valence-corrected chi connectivity index (χ3v) is 5.11. The molecule has 1 saturated heterocycles. The highest BCUT2D eigenvalue weighted by Gasteiger charge is 2.19. The fourth-order valence-corrected chi connectivity index (χ4v) is 3.35. The maximum Gasteiger partial charge on any atom is 0.240 e. The van der Waals surface area contributed by atoms with Gasteiger partial charge in [0, 0.05) is 31.7 Å². The minimum atomic E-state index is -3.62. The standard InChI is InChI=1S/C14H21N3O3S/c1-11-4-5-12(10-13(11)15)21(19,20)16-7-6-14(18)17-8-2-3-9-17/h4-5,10,16H,2-3,6-9,15H2,1H3. The summed E-state index contributed by atoms with van der Waals surface area (Å²) in [6.07, 6.45) is 2.24. The second-order valence-electron chi connectivity index (χ2n) is 5.25. The molecule has 1 aromatic carbocycles. The number of aryl methyl sites for hydroxylation is 1. The molecule has 3 N–H and O–H groups in total. The number of carbonyl (C=O) groups excluding carboxylic acids is 1. The lowest BCUT2D eigenvalue weighted by atomic mass is 10.2. The molecule has 1 heterocycles. The molecule has 0 aliphatic carbocycles. The molecule has 1 aromatic rings. The number of likely N-dealkylation sites (tertiary alicyclic amines) is 1. The average molecular weight is 311 g/mol. The molecule has 0 aromatic heterocycles. The van der Waals surface area contributed by atoms with Crippen LogP contribution in [-0.2, 0) is 14.8 Å². The van der Waals surface area contributed by atoms with Gasteiger partial charge in [-0.15, -0.1) is 0 Å². The smallest absolute Gasteiger partial charge is 0.240 e. The molecular weight excluding hydrogens is 290 g/mol. The molecular formula is C14H21N3O3S. The summed E-state index contributed by atoms with van der Waals surface area (Å²) in [7, 11) is -3.62. The second-order valence-corrected chi connectivity index (χ2v) is 7.02. The first kappa shape index (κ1) is 15.8. The summed E-state index contributed by atoms with van der Waals surface area (Å²) in [5.41, 5.74) is 6.99. The molecule has 2 rings (SSSR count). The Balaban J connectivity index is 1.91. The first-order valence-corrected chi connectivity index (χ1v) is 8.52. The number of hydrogen-bond acceptors (Lipinski definition) is 4. The zero-order valence-electron chi connectivity index (χ0n) is 12.1. The molecule has 1 aliphatic heterocycles. The molecule has 1 fully saturated rings. The van der Waals surface area contributed by atoms with Crippen LogP contribution in [0.4, 0.5) is 5.69 Å². The summed E-state index contributed by atoms with van der Waals surface area (Å²) in [6, 6.07) is 4.61. The van der Waals surface area contributed by atoms with Gasteiger partial charge in [0.1, 0.15) is 0 Å². The quantitative estimate of drug-likeness (QED) is 0.789. The van der Waals surface area contributed by atoms with Gasteiger partial charge in [-0.2, -0.15) is 0 Å². The van der Waals surface area contributed by atoms with Crippen molar-refractivity contribution in [3.05, 3.63) is 23.8 Å². The Morgan fingerprint density at radius 3 is 2.62 bits per heavy atom. The maximum atomic E-state index is 12.1. The Labute approximate surface area is 125 Å². The molecule has 0 saturated carbocycles. The predicted octanol–water partition coefficient (Wildman–Crippen LogP) is 0.868. The summed E-state index contributed by atoms with van der Waals surface area (Å²) in [6.45, 7) is 3.47. The topological polar surface area (TPSA) is 92.5 Å². The van der Waals surface area contributed by atoms with Crippen LogP contribution in [0, 0.1) is 6.92 Å². The number of sulfonamides is 1. The van der Waals surface area contributed by atoms with Crippen LogP contribution in [-0.4, -0.2) is 38.9 Å². The van der Waals surface area contributed by atoms with Gasteiger partial charge in [-0.3, -0.25) is 4.79 Å². The number of nitrogens with zero attached hydrogens (tertiary/aromatic N) is 1. The van der Waals surface area contributed by atoms with Crippen LogP contribution in [0.3, 0.4) is 0 Å². The van der Waals surface area contributed by atoms with Crippen molar-refractivity contribution in [3.63, 3.8) is 0 Å². The summed E-state index contributed by atoms with van der Waals surface area (Å²) in [4.78, 5) is 13.7. The minimum absolute atomic E-state index is 0.00128. The first-order valence-electron chi connectivity index (χ1n) is 7.04. The number of hydrogen-bond donors (Lipinski definition) is 2. The third-order valence-electron chi connectivity index (χ3n) is 3.65. The van der Waals surface area contributed by atoms with Crippen LogP contribution in [0.2, 0.25) is 0 Å². The number of nitrogens with two attached hydrogens (primary N) is 1. The molecule has 21 heavy (non-hydrogen) atoms. The Bertz CT molecular complexity index is 622. The molecule has 0 spiro atoms. The highest BCUT2D eigenvalue weighted by molar-refractivity contribution is 7.89. The van der Waals surface area contributed by atoms with E-state index in [4.69, 9.17) is 5.73 Å². The van der Waals surface area contributed by atoms with E-state index >= 15 is 0 Å². The van der Waals surface area contributed by atoms with Crippen molar-refractivity contribution in [2.75, 3.05) is 25.4 Å². The lowest BCUT2D eigenvalue weighted by Crippen LogP contribution is -2.32. The molecule has 0 unspecified atom stereocenters. The van der Waals surface area contributed by atoms with Gasteiger partial charge in [0.2, 0.25) is 15.9 Å². The predicted molar refractivity (Wildman–Crippen MR) is 81.2 cm³/mol. The van der Waals surface area contributed by atoms with Gasteiger partial charge < -0.3 is 10.6 Å². The monoisotopic (exact) mass is 311 g/mol. The number of amides is 1. The molecule has 1 aliphatic rings. The number of rotatable bonds is 5. The highest BCUT2D eigenvalue weighted by atomic mass is 32.2. The number of nitrogen functional groups attached to an aromatic ring is 1. The second kappa shape index (κ2) is 6.44.